The average Bonchev–Trinajstić information content (AvgIpc) is 2.63. The first-order valence-electron chi connectivity index (χ1n) is 8.97. The summed E-state index contributed by atoms with van der Waals surface area (Å²) in [4.78, 5) is 24.0. The summed E-state index contributed by atoms with van der Waals surface area (Å²) in [5.74, 6) is -2.93. The molecular formula is C21H25F2N3O2. The monoisotopic (exact) mass is 389 g/mol. The summed E-state index contributed by atoms with van der Waals surface area (Å²) in [6, 6.07) is 12.8. The Balaban J connectivity index is 1.84. The summed E-state index contributed by atoms with van der Waals surface area (Å²) in [6.45, 7) is 5.99. The Kier molecular flexibility index (Phi) is 7.23. The van der Waals surface area contributed by atoms with Gasteiger partial charge in [0.2, 0.25) is 11.8 Å². The molecule has 0 aliphatic heterocycles. The van der Waals surface area contributed by atoms with Crippen molar-refractivity contribution in [2.24, 2.45) is 5.41 Å². The molecule has 1 atom stereocenters. The molecule has 0 aromatic heterocycles. The van der Waals surface area contributed by atoms with Gasteiger partial charge in [-0.25, -0.2) is 8.78 Å². The SMILES string of the molecule is CC(C)(C)C(NCC(=O)NCC(=O)Nc1ccc(F)c(F)c1)c1ccccc1. The van der Waals surface area contributed by atoms with E-state index in [1.807, 2.05) is 30.3 Å². The molecule has 28 heavy (non-hydrogen) atoms. The molecular weight excluding hydrogens is 364 g/mol. The van der Waals surface area contributed by atoms with E-state index in [1.165, 1.54) is 6.07 Å². The van der Waals surface area contributed by atoms with Crippen LogP contribution in [-0.2, 0) is 9.59 Å². The van der Waals surface area contributed by atoms with Gasteiger partial charge in [-0.05, 0) is 23.1 Å². The molecule has 3 N–H and O–H groups in total. The van der Waals surface area contributed by atoms with Gasteiger partial charge < -0.3 is 16.0 Å². The molecule has 0 saturated heterocycles. The summed E-state index contributed by atoms with van der Waals surface area (Å²) in [6.07, 6.45) is 0. The Hall–Kier alpha value is -2.80. The lowest BCUT2D eigenvalue weighted by Crippen LogP contribution is -2.42. The van der Waals surface area contributed by atoms with Crippen LogP contribution in [0.15, 0.2) is 48.5 Å². The molecule has 7 heteroatoms. The highest BCUT2D eigenvalue weighted by Gasteiger charge is 2.26. The van der Waals surface area contributed by atoms with Crippen molar-refractivity contribution in [1.82, 2.24) is 10.6 Å². The molecule has 0 heterocycles. The van der Waals surface area contributed by atoms with E-state index in [4.69, 9.17) is 0 Å². The Bertz CT molecular complexity index is 820. The second-order valence-corrected chi connectivity index (χ2v) is 7.54. The molecule has 0 aliphatic rings. The van der Waals surface area contributed by atoms with Crippen molar-refractivity contribution >= 4 is 17.5 Å². The molecule has 0 aliphatic carbocycles. The van der Waals surface area contributed by atoms with Crippen LogP contribution in [0.25, 0.3) is 0 Å². The maximum atomic E-state index is 13.2. The van der Waals surface area contributed by atoms with Crippen LogP contribution in [0.2, 0.25) is 0 Å². The Morgan fingerprint density at radius 1 is 0.929 bits per heavy atom. The number of rotatable bonds is 7. The maximum Gasteiger partial charge on any atom is 0.243 e. The summed E-state index contributed by atoms with van der Waals surface area (Å²) in [5, 5.41) is 8.13. The van der Waals surface area contributed by atoms with E-state index in [1.54, 1.807) is 0 Å². The van der Waals surface area contributed by atoms with Crippen molar-refractivity contribution in [3.05, 3.63) is 65.7 Å². The van der Waals surface area contributed by atoms with Gasteiger partial charge in [-0.15, -0.1) is 0 Å². The number of carbonyl (C=O) groups is 2. The van der Waals surface area contributed by atoms with Gasteiger partial charge in [-0.2, -0.15) is 0 Å². The molecule has 1 unspecified atom stereocenters. The van der Waals surface area contributed by atoms with Crippen LogP contribution in [0, 0.1) is 17.0 Å². The molecule has 2 aromatic rings. The van der Waals surface area contributed by atoms with E-state index < -0.39 is 17.5 Å². The van der Waals surface area contributed by atoms with E-state index in [9.17, 15) is 18.4 Å². The van der Waals surface area contributed by atoms with Gasteiger partial charge in [0.05, 0.1) is 13.1 Å². The molecule has 2 aromatic carbocycles. The first kappa shape index (κ1) is 21.5. The van der Waals surface area contributed by atoms with Gasteiger partial charge in [0, 0.05) is 17.8 Å². The molecule has 0 saturated carbocycles. The molecule has 150 valence electrons. The minimum absolute atomic E-state index is 0.0370. The highest BCUT2D eigenvalue weighted by atomic mass is 19.2. The topological polar surface area (TPSA) is 70.2 Å². The second-order valence-electron chi connectivity index (χ2n) is 7.54. The third-order valence-corrected chi connectivity index (χ3v) is 4.12. The zero-order valence-electron chi connectivity index (χ0n) is 16.2. The van der Waals surface area contributed by atoms with E-state index in [0.29, 0.717) is 0 Å². The van der Waals surface area contributed by atoms with E-state index in [0.717, 1.165) is 17.7 Å². The molecule has 0 spiro atoms. The normalized spacial score (nSPS) is 12.3. The number of nitrogens with one attached hydrogen (secondary N) is 3. The van der Waals surface area contributed by atoms with E-state index >= 15 is 0 Å². The quantitative estimate of drug-likeness (QED) is 0.680. The fraction of sp³-hybridized carbons (Fsp3) is 0.333. The Morgan fingerprint density at radius 2 is 1.61 bits per heavy atom. The fourth-order valence-electron chi connectivity index (χ4n) is 2.78. The van der Waals surface area contributed by atoms with Crippen molar-refractivity contribution in [3.8, 4) is 0 Å². The Labute approximate surface area is 163 Å². The maximum absolute atomic E-state index is 13.2. The molecule has 0 radical (unpaired) electrons. The summed E-state index contributed by atoms with van der Waals surface area (Å²) < 4.78 is 26.0. The number of hydrogen-bond donors (Lipinski definition) is 3. The van der Waals surface area contributed by atoms with Gasteiger partial charge in [0.1, 0.15) is 0 Å². The van der Waals surface area contributed by atoms with Crippen molar-refractivity contribution in [1.29, 1.82) is 0 Å². The van der Waals surface area contributed by atoms with E-state index in [2.05, 4.69) is 36.7 Å². The van der Waals surface area contributed by atoms with E-state index in [-0.39, 0.29) is 36.1 Å². The van der Waals surface area contributed by atoms with Crippen LogP contribution in [0.3, 0.4) is 0 Å². The summed E-state index contributed by atoms with van der Waals surface area (Å²) >= 11 is 0. The minimum Gasteiger partial charge on any atom is -0.346 e. The predicted octanol–water partition coefficient (Wildman–Crippen LogP) is 3.40. The molecule has 0 fully saturated rings. The number of benzene rings is 2. The lowest BCUT2D eigenvalue weighted by molar-refractivity contribution is -0.123. The zero-order valence-corrected chi connectivity index (χ0v) is 16.2. The second kappa shape index (κ2) is 9.41. The third kappa shape index (κ3) is 6.42. The van der Waals surface area contributed by atoms with Gasteiger partial charge in [0.15, 0.2) is 11.6 Å². The number of hydrogen-bond acceptors (Lipinski definition) is 3. The zero-order chi connectivity index (χ0) is 20.7. The van der Waals surface area contributed by atoms with Gasteiger partial charge in [-0.3, -0.25) is 9.59 Å². The van der Waals surface area contributed by atoms with Crippen molar-refractivity contribution in [3.63, 3.8) is 0 Å². The smallest absolute Gasteiger partial charge is 0.243 e. The highest BCUT2D eigenvalue weighted by molar-refractivity contribution is 5.94. The average molecular weight is 389 g/mol. The first-order chi connectivity index (χ1) is 13.2. The van der Waals surface area contributed by atoms with Gasteiger partial charge in [-0.1, -0.05) is 51.1 Å². The highest BCUT2D eigenvalue weighted by Crippen LogP contribution is 2.32. The van der Waals surface area contributed by atoms with Crippen molar-refractivity contribution < 1.29 is 18.4 Å². The lowest BCUT2D eigenvalue weighted by atomic mass is 9.82. The van der Waals surface area contributed by atoms with Crippen LogP contribution < -0.4 is 16.0 Å². The largest absolute Gasteiger partial charge is 0.346 e. The van der Waals surface area contributed by atoms with Crippen LogP contribution in [0.5, 0.6) is 0 Å². The number of anilines is 1. The predicted molar refractivity (Wildman–Crippen MR) is 105 cm³/mol. The van der Waals surface area contributed by atoms with Crippen LogP contribution in [0.4, 0.5) is 14.5 Å². The molecule has 2 amide bonds. The third-order valence-electron chi connectivity index (χ3n) is 4.12. The molecule has 2 rings (SSSR count). The standard InChI is InChI=1S/C21H25F2N3O2/c1-21(2,3)20(14-7-5-4-6-8-14)25-12-18(27)24-13-19(28)26-15-9-10-16(22)17(23)11-15/h4-11,20,25H,12-13H2,1-3H3,(H,24,27)(H,26,28). The van der Waals surface area contributed by atoms with Crippen molar-refractivity contribution in [2.45, 2.75) is 26.8 Å². The fourth-order valence-corrected chi connectivity index (χ4v) is 2.78. The number of carbonyl (C=O) groups excluding carboxylic acids is 2. The van der Waals surface area contributed by atoms with Crippen LogP contribution in [-0.4, -0.2) is 24.9 Å². The van der Waals surface area contributed by atoms with Crippen LogP contribution in [0.1, 0.15) is 32.4 Å². The van der Waals surface area contributed by atoms with Crippen LogP contribution >= 0.6 is 0 Å². The minimum atomic E-state index is -1.06. The lowest BCUT2D eigenvalue weighted by Gasteiger charge is -2.32. The van der Waals surface area contributed by atoms with Gasteiger partial charge in [0.25, 0.3) is 0 Å². The number of halogens is 2. The van der Waals surface area contributed by atoms with Crippen molar-refractivity contribution in [2.75, 3.05) is 18.4 Å². The molecule has 5 nitrogen and oxygen atoms in total. The Morgan fingerprint density at radius 3 is 2.21 bits per heavy atom. The number of amides is 2. The summed E-state index contributed by atoms with van der Waals surface area (Å²) in [5.41, 5.74) is 1.07. The van der Waals surface area contributed by atoms with Gasteiger partial charge >= 0.3 is 0 Å². The first-order valence-corrected chi connectivity index (χ1v) is 8.97. The summed E-state index contributed by atoms with van der Waals surface area (Å²) in [7, 11) is 0. The molecule has 0 bridgehead atoms.